The maximum Gasteiger partial charge on any atom is 0.0473 e. The zero-order valence-corrected chi connectivity index (χ0v) is 7.58. The molecule has 0 aliphatic heterocycles. The van der Waals surface area contributed by atoms with Crippen LogP contribution in [0.2, 0.25) is 0 Å². The molecule has 0 radical (unpaired) electrons. The third kappa shape index (κ3) is 2.12. The molecule has 3 N–H and O–H groups in total. The summed E-state index contributed by atoms with van der Waals surface area (Å²) >= 11 is 0. The van der Waals surface area contributed by atoms with Gasteiger partial charge >= 0.3 is 0 Å². The Labute approximate surface area is 63.5 Å². The first kappa shape index (κ1) is 9.66. The Morgan fingerprint density at radius 2 is 1.60 bits per heavy atom. The molecule has 0 bridgehead atoms. The van der Waals surface area contributed by atoms with Crippen molar-refractivity contribution in [2.45, 2.75) is 40.2 Å². The zero-order valence-electron chi connectivity index (χ0n) is 7.58. The van der Waals surface area contributed by atoms with Crippen LogP contribution in [-0.4, -0.2) is 5.54 Å². The van der Waals surface area contributed by atoms with Gasteiger partial charge in [0.1, 0.15) is 0 Å². The van der Waals surface area contributed by atoms with Gasteiger partial charge in [-0.1, -0.05) is 11.1 Å². The lowest BCUT2D eigenvalue weighted by molar-refractivity contribution is 0.460. The normalized spacial score (nSPS) is 11.4. The molecule has 0 heterocycles. The van der Waals surface area contributed by atoms with Gasteiger partial charge in [-0.15, -0.1) is 0 Å². The van der Waals surface area contributed by atoms with E-state index in [1.165, 1.54) is 11.1 Å². The Morgan fingerprint density at radius 3 is 1.70 bits per heavy atom. The number of hydrogen-bond donors (Lipinski definition) is 2. The number of hydrazine groups is 1. The quantitative estimate of drug-likeness (QED) is 0.349. The number of rotatable bonds is 2. The first-order valence-electron chi connectivity index (χ1n) is 3.54. The Morgan fingerprint density at radius 1 is 1.20 bits per heavy atom. The van der Waals surface area contributed by atoms with E-state index in [-0.39, 0.29) is 5.54 Å². The number of hydrogen-bond acceptors (Lipinski definition) is 2. The summed E-state index contributed by atoms with van der Waals surface area (Å²) in [5.74, 6) is 5.36. The second-order valence-corrected chi connectivity index (χ2v) is 3.39. The fraction of sp³-hybridized carbons (Fsp3) is 0.750. The van der Waals surface area contributed by atoms with Crippen LogP contribution in [0, 0.1) is 0 Å². The summed E-state index contributed by atoms with van der Waals surface area (Å²) in [6, 6.07) is 0. The molecule has 2 nitrogen and oxygen atoms in total. The van der Waals surface area contributed by atoms with E-state index in [0.717, 1.165) is 0 Å². The molecular formula is C8H18N2. The van der Waals surface area contributed by atoms with E-state index in [1.807, 2.05) is 0 Å². The minimum Gasteiger partial charge on any atom is -0.271 e. The lowest BCUT2D eigenvalue weighted by Gasteiger charge is -2.26. The molecule has 0 saturated heterocycles. The highest BCUT2D eigenvalue weighted by atomic mass is 15.3. The third-order valence-electron chi connectivity index (χ3n) is 2.05. The smallest absolute Gasteiger partial charge is 0.0473 e. The van der Waals surface area contributed by atoms with Crippen molar-refractivity contribution in [2.24, 2.45) is 5.84 Å². The summed E-state index contributed by atoms with van der Waals surface area (Å²) < 4.78 is 0. The minimum atomic E-state index is -0.0706. The SMILES string of the molecule is CC(C)=C(C)C(C)(C)NN. The van der Waals surface area contributed by atoms with Crippen molar-refractivity contribution in [1.29, 1.82) is 0 Å². The topological polar surface area (TPSA) is 38.0 Å². The van der Waals surface area contributed by atoms with Crippen LogP contribution in [0.25, 0.3) is 0 Å². The molecule has 0 aromatic heterocycles. The van der Waals surface area contributed by atoms with Crippen molar-refractivity contribution >= 4 is 0 Å². The summed E-state index contributed by atoms with van der Waals surface area (Å²) in [5, 5.41) is 0. The monoisotopic (exact) mass is 142 g/mol. The second kappa shape index (κ2) is 3.17. The lowest BCUT2D eigenvalue weighted by Crippen LogP contribution is -2.45. The maximum atomic E-state index is 5.36. The molecule has 0 saturated carbocycles. The lowest BCUT2D eigenvalue weighted by atomic mass is 9.93. The predicted octanol–water partition coefficient (Wildman–Crippen LogP) is 1.58. The van der Waals surface area contributed by atoms with Gasteiger partial charge in [-0.05, 0) is 34.6 Å². The average molecular weight is 142 g/mol. The van der Waals surface area contributed by atoms with Gasteiger partial charge in [-0.3, -0.25) is 11.3 Å². The van der Waals surface area contributed by atoms with Crippen LogP contribution in [0.4, 0.5) is 0 Å². The standard InChI is InChI=1S/C8H18N2/c1-6(2)7(3)8(4,5)10-9/h10H,9H2,1-5H3. The molecule has 0 amide bonds. The summed E-state index contributed by atoms with van der Waals surface area (Å²) in [5.41, 5.74) is 5.32. The Hall–Kier alpha value is -0.340. The van der Waals surface area contributed by atoms with Crippen molar-refractivity contribution in [1.82, 2.24) is 5.43 Å². The van der Waals surface area contributed by atoms with Crippen LogP contribution >= 0.6 is 0 Å². The van der Waals surface area contributed by atoms with Gasteiger partial charge in [0.2, 0.25) is 0 Å². The molecule has 0 spiro atoms. The maximum absolute atomic E-state index is 5.36. The summed E-state index contributed by atoms with van der Waals surface area (Å²) in [6.45, 7) is 10.4. The molecule has 0 fully saturated rings. The fourth-order valence-corrected chi connectivity index (χ4v) is 0.733. The summed E-state index contributed by atoms with van der Waals surface area (Å²) in [4.78, 5) is 0. The molecule has 0 aliphatic carbocycles. The molecule has 0 rings (SSSR count). The van der Waals surface area contributed by atoms with Crippen LogP contribution in [0.5, 0.6) is 0 Å². The number of nitrogens with two attached hydrogens (primary N) is 1. The van der Waals surface area contributed by atoms with Crippen molar-refractivity contribution < 1.29 is 0 Å². The Bertz CT molecular complexity index is 141. The fourth-order valence-electron chi connectivity index (χ4n) is 0.733. The van der Waals surface area contributed by atoms with Crippen LogP contribution < -0.4 is 11.3 Å². The van der Waals surface area contributed by atoms with Crippen LogP contribution in [-0.2, 0) is 0 Å². The molecule has 10 heavy (non-hydrogen) atoms. The van der Waals surface area contributed by atoms with E-state index in [1.54, 1.807) is 0 Å². The third-order valence-corrected chi connectivity index (χ3v) is 2.05. The van der Waals surface area contributed by atoms with Crippen molar-refractivity contribution in [3.8, 4) is 0 Å². The van der Waals surface area contributed by atoms with Crippen molar-refractivity contribution in [3.05, 3.63) is 11.1 Å². The van der Waals surface area contributed by atoms with E-state index >= 15 is 0 Å². The molecule has 60 valence electrons. The van der Waals surface area contributed by atoms with Gasteiger partial charge in [0, 0.05) is 5.54 Å². The summed E-state index contributed by atoms with van der Waals surface area (Å²) in [7, 11) is 0. The van der Waals surface area contributed by atoms with Gasteiger partial charge in [-0.25, -0.2) is 0 Å². The zero-order chi connectivity index (χ0) is 8.36. The van der Waals surface area contributed by atoms with E-state index in [4.69, 9.17) is 5.84 Å². The van der Waals surface area contributed by atoms with E-state index < -0.39 is 0 Å². The first-order valence-corrected chi connectivity index (χ1v) is 3.54. The molecule has 0 aromatic carbocycles. The Kier molecular flexibility index (Phi) is 3.06. The molecule has 0 aliphatic rings. The minimum absolute atomic E-state index is 0.0706. The van der Waals surface area contributed by atoms with E-state index in [9.17, 15) is 0 Å². The number of nitrogens with one attached hydrogen (secondary N) is 1. The number of allylic oxidation sites excluding steroid dienone is 1. The second-order valence-electron chi connectivity index (χ2n) is 3.39. The Balaban J connectivity index is 4.49. The average Bonchev–Trinajstić information content (AvgIpc) is 1.86. The van der Waals surface area contributed by atoms with E-state index in [0.29, 0.717) is 0 Å². The van der Waals surface area contributed by atoms with Crippen molar-refractivity contribution in [3.63, 3.8) is 0 Å². The first-order chi connectivity index (χ1) is 4.41. The van der Waals surface area contributed by atoms with Crippen LogP contribution in [0.15, 0.2) is 11.1 Å². The van der Waals surface area contributed by atoms with Crippen LogP contribution in [0.1, 0.15) is 34.6 Å². The van der Waals surface area contributed by atoms with E-state index in [2.05, 4.69) is 40.0 Å². The van der Waals surface area contributed by atoms with Crippen molar-refractivity contribution in [2.75, 3.05) is 0 Å². The molecule has 0 unspecified atom stereocenters. The van der Waals surface area contributed by atoms with Gasteiger partial charge in [0.15, 0.2) is 0 Å². The predicted molar refractivity (Wildman–Crippen MR) is 45.5 cm³/mol. The molecular weight excluding hydrogens is 124 g/mol. The molecule has 0 aromatic rings. The van der Waals surface area contributed by atoms with Crippen LogP contribution in [0.3, 0.4) is 0 Å². The molecule has 2 heteroatoms. The van der Waals surface area contributed by atoms with Gasteiger partial charge in [0.05, 0.1) is 0 Å². The summed E-state index contributed by atoms with van der Waals surface area (Å²) in [6.07, 6.45) is 0. The highest BCUT2D eigenvalue weighted by molar-refractivity contribution is 5.19. The largest absolute Gasteiger partial charge is 0.271 e. The van der Waals surface area contributed by atoms with Gasteiger partial charge in [-0.2, -0.15) is 0 Å². The highest BCUT2D eigenvalue weighted by Gasteiger charge is 2.17. The van der Waals surface area contributed by atoms with Gasteiger partial charge < -0.3 is 0 Å². The molecule has 0 atom stereocenters. The highest BCUT2D eigenvalue weighted by Crippen LogP contribution is 2.17. The van der Waals surface area contributed by atoms with Gasteiger partial charge in [0.25, 0.3) is 0 Å².